The number of aromatic nitrogens is 2. The number of pyridine rings is 2. The van der Waals surface area contributed by atoms with Crippen molar-refractivity contribution in [2.24, 2.45) is 13.0 Å². The molecule has 30 heavy (non-hydrogen) atoms. The predicted octanol–water partition coefficient (Wildman–Crippen LogP) is 2.90. The first-order valence-electron chi connectivity index (χ1n) is 8.87. The van der Waals surface area contributed by atoms with E-state index in [1.54, 1.807) is 7.05 Å². The van der Waals surface area contributed by atoms with E-state index in [9.17, 15) is 9.59 Å². The lowest BCUT2D eigenvalue weighted by atomic mass is 10.0. The molecule has 0 bridgehead atoms. The first kappa shape index (κ1) is 21.6. The lowest BCUT2D eigenvalue weighted by molar-refractivity contribution is 0.0978. The van der Waals surface area contributed by atoms with Gasteiger partial charge in [-0.15, -0.1) is 0 Å². The molecule has 1 aliphatic carbocycles. The monoisotopic (exact) mass is 443 g/mol. The summed E-state index contributed by atoms with van der Waals surface area (Å²) >= 11 is 6.75. The molecule has 2 aromatic heterocycles. The Hall–Kier alpha value is -3.09. The molecule has 154 valence electrons. The van der Waals surface area contributed by atoms with Crippen LogP contribution in [-0.4, -0.2) is 32.8 Å². The average Bonchev–Trinajstić information content (AvgIpc) is 3.52. The van der Waals surface area contributed by atoms with Gasteiger partial charge in [-0.05, 0) is 36.6 Å². The minimum Gasteiger partial charge on any atom is -0.494 e. The maximum atomic E-state index is 12.8. The zero-order valence-corrected chi connectivity index (χ0v) is 17.8. The van der Waals surface area contributed by atoms with Crippen LogP contribution in [0.15, 0.2) is 29.3 Å². The molecule has 0 radical (unpaired) electrons. The molecule has 1 saturated carbocycles. The normalized spacial score (nSPS) is 12.5. The highest BCUT2D eigenvalue weighted by Crippen LogP contribution is 2.33. The molecule has 2 aromatic rings. The summed E-state index contributed by atoms with van der Waals surface area (Å²) in [6, 6.07) is 2.70. The van der Waals surface area contributed by atoms with Crippen molar-refractivity contribution in [1.82, 2.24) is 14.9 Å². The fraction of sp³-hybridized carbons (Fsp3) is 0.250. The maximum Gasteiger partial charge on any atom is 0.258 e. The topological polar surface area (TPSA) is 121 Å². The molecule has 8 nitrogen and oxygen atoms in total. The molecule has 1 fully saturated rings. The van der Waals surface area contributed by atoms with Gasteiger partial charge in [0.2, 0.25) is 0 Å². The van der Waals surface area contributed by atoms with Crippen molar-refractivity contribution < 1.29 is 9.53 Å². The van der Waals surface area contributed by atoms with E-state index >= 15 is 0 Å². The number of methoxy groups -OCH3 is 1. The summed E-state index contributed by atoms with van der Waals surface area (Å²) in [4.78, 5) is 29.0. The van der Waals surface area contributed by atoms with Crippen molar-refractivity contribution >= 4 is 39.5 Å². The van der Waals surface area contributed by atoms with Crippen molar-refractivity contribution in [1.29, 1.82) is 10.8 Å². The Kier molecular flexibility index (Phi) is 6.59. The molecule has 0 unspecified atom stereocenters. The van der Waals surface area contributed by atoms with Crippen LogP contribution in [-0.2, 0) is 7.05 Å². The number of amides is 1. The van der Waals surface area contributed by atoms with Gasteiger partial charge in [0.05, 0.1) is 18.9 Å². The Morgan fingerprint density at radius 1 is 1.37 bits per heavy atom. The molecule has 1 amide bonds. The number of carbonyl (C=O) groups is 1. The lowest BCUT2D eigenvalue weighted by Crippen LogP contribution is -2.30. The van der Waals surface area contributed by atoms with Crippen LogP contribution < -0.4 is 15.6 Å². The van der Waals surface area contributed by atoms with Crippen LogP contribution in [0.2, 0.25) is 5.15 Å². The van der Waals surface area contributed by atoms with Crippen molar-refractivity contribution in [2.75, 3.05) is 7.11 Å². The summed E-state index contributed by atoms with van der Waals surface area (Å²) in [7, 11) is 3.01. The zero-order chi connectivity index (χ0) is 21.8. The number of halogens is 1. The summed E-state index contributed by atoms with van der Waals surface area (Å²) in [5, 5.41) is 18.1. The molecule has 10 heteroatoms. The third kappa shape index (κ3) is 5.28. The zero-order valence-electron chi connectivity index (χ0n) is 16.2. The Morgan fingerprint density at radius 3 is 2.77 bits per heavy atom. The number of thioether (sulfide) groups is 1. The van der Waals surface area contributed by atoms with Gasteiger partial charge in [-0.2, -0.15) is 0 Å². The molecule has 3 N–H and O–H groups in total. The summed E-state index contributed by atoms with van der Waals surface area (Å²) in [6.07, 6.45) is 4.98. The van der Waals surface area contributed by atoms with Crippen molar-refractivity contribution in [3.05, 3.63) is 45.6 Å². The maximum absolute atomic E-state index is 12.8. The third-order valence-electron chi connectivity index (χ3n) is 4.22. The van der Waals surface area contributed by atoms with Gasteiger partial charge in [0.25, 0.3) is 11.5 Å². The number of nitrogens with zero attached hydrogens (tertiary/aromatic N) is 2. The van der Waals surface area contributed by atoms with E-state index in [1.165, 1.54) is 36.2 Å². The molecule has 1 aliphatic rings. The largest absolute Gasteiger partial charge is 0.494 e. The predicted molar refractivity (Wildman–Crippen MR) is 117 cm³/mol. The van der Waals surface area contributed by atoms with Gasteiger partial charge < -0.3 is 14.6 Å². The molecule has 2 heterocycles. The van der Waals surface area contributed by atoms with E-state index in [1.807, 2.05) is 0 Å². The van der Waals surface area contributed by atoms with Gasteiger partial charge in [0.15, 0.2) is 5.17 Å². The minimum absolute atomic E-state index is 0.0287. The van der Waals surface area contributed by atoms with Gasteiger partial charge in [-0.1, -0.05) is 17.5 Å². The molecule has 0 aliphatic heterocycles. The number of amidine groups is 1. The Bertz CT molecular complexity index is 1160. The molecule has 0 spiro atoms. The Balaban J connectivity index is 1.89. The highest BCUT2D eigenvalue weighted by Gasteiger charge is 2.20. The van der Waals surface area contributed by atoms with Gasteiger partial charge in [-0.25, -0.2) is 4.98 Å². The number of carbonyl (C=O) groups excluding carboxylic acids is 1. The second-order valence-electron chi connectivity index (χ2n) is 6.52. The van der Waals surface area contributed by atoms with E-state index in [0.29, 0.717) is 22.8 Å². The fourth-order valence-electron chi connectivity index (χ4n) is 2.54. The standard InChI is InChI=1S/C20H18ClN5O3S/c1-26-10-14(12-7-16(21)24-9-15(12)29-2)13(8-18(26)27)19(28)25-20(23)30-17(22)6-5-11-3-4-11/h7-11,22H,3-4H2,1-2H3,(H2,23,25,28). The second-order valence-corrected chi connectivity index (χ2v) is 7.92. The molecule has 0 atom stereocenters. The highest BCUT2D eigenvalue weighted by atomic mass is 35.5. The number of ether oxygens (including phenoxy) is 1. The van der Waals surface area contributed by atoms with E-state index < -0.39 is 11.5 Å². The van der Waals surface area contributed by atoms with Crippen LogP contribution in [0.3, 0.4) is 0 Å². The summed E-state index contributed by atoms with van der Waals surface area (Å²) < 4.78 is 6.64. The number of nitrogens with one attached hydrogen (secondary N) is 3. The Labute approximate surface area is 182 Å². The minimum atomic E-state index is -0.668. The van der Waals surface area contributed by atoms with Crippen LogP contribution in [0.1, 0.15) is 23.2 Å². The smallest absolute Gasteiger partial charge is 0.258 e. The van der Waals surface area contributed by atoms with E-state index in [4.69, 9.17) is 27.2 Å². The van der Waals surface area contributed by atoms with Crippen LogP contribution in [0.4, 0.5) is 0 Å². The molecular weight excluding hydrogens is 426 g/mol. The van der Waals surface area contributed by atoms with Crippen molar-refractivity contribution in [3.63, 3.8) is 0 Å². The summed E-state index contributed by atoms with van der Waals surface area (Å²) in [5.74, 6) is 5.64. The van der Waals surface area contributed by atoms with E-state index in [2.05, 4.69) is 22.1 Å². The van der Waals surface area contributed by atoms with Crippen molar-refractivity contribution in [3.8, 4) is 28.7 Å². The quantitative estimate of drug-likeness (QED) is 0.291. The average molecular weight is 444 g/mol. The van der Waals surface area contributed by atoms with Gasteiger partial charge in [0.1, 0.15) is 15.9 Å². The van der Waals surface area contributed by atoms with Crippen molar-refractivity contribution in [2.45, 2.75) is 12.8 Å². The van der Waals surface area contributed by atoms with Crippen LogP contribution in [0.5, 0.6) is 5.75 Å². The van der Waals surface area contributed by atoms with Crippen LogP contribution in [0.25, 0.3) is 11.1 Å². The third-order valence-corrected chi connectivity index (χ3v) is 5.03. The van der Waals surface area contributed by atoms with Gasteiger partial charge in [-0.3, -0.25) is 20.4 Å². The summed E-state index contributed by atoms with van der Waals surface area (Å²) in [6.45, 7) is 0. The Morgan fingerprint density at radius 2 is 2.10 bits per heavy atom. The first-order chi connectivity index (χ1) is 14.3. The SMILES string of the molecule is COc1cnc(Cl)cc1-c1cn(C)c(=O)cc1C(=O)NC(=N)SC(=N)C#CC1CC1. The number of rotatable bonds is 3. The fourth-order valence-corrected chi connectivity index (χ4v) is 3.16. The second kappa shape index (κ2) is 9.15. The first-order valence-corrected chi connectivity index (χ1v) is 10.1. The number of aryl methyl sites for hydroxylation is 1. The number of hydrogen-bond acceptors (Lipinski definition) is 7. The lowest BCUT2D eigenvalue weighted by Gasteiger charge is -2.14. The highest BCUT2D eigenvalue weighted by molar-refractivity contribution is 8.26. The molecular formula is C20H18ClN5O3S. The van der Waals surface area contributed by atoms with Crippen LogP contribution in [0, 0.1) is 28.6 Å². The molecule has 3 rings (SSSR count). The summed E-state index contributed by atoms with van der Waals surface area (Å²) in [5.41, 5.74) is 0.502. The van der Waals surface area contributed by atoms with Gasteiger partial charge >= 0.3 is 0 Å². The van der Waals surface area contributed by atoms with E-state index in [0.717, 1.165) is 24.6 Å². The van der Waals surface area contributed by atoms with Crippen LogP contribution >= 0.6 is 23.4 Å². The molecule has 0 saturated heterocycles. The number of hydrogen-bond donors (Lipinski definition) is 3. The van der Waals surface area contributed by atoms with Gasteiger partial charge in [0, 0.05) is 36.4 Å². The van der Waals surface area contributed by atoms with E-state index in [-0.39, 0.29) is 20.9 Å². The molecule has 0 aromatic carbocycles.